The summed E-state index contributed by atoms with van der Waals surface area (Å²) in [6.45, 7) is 1.80. The average molecular weight is 192 g/mol. The number of ketones is 1. The van der Waals surface area contributed by atoms with Crippen molar-refractivity contribution in [2.45, 2.75) is 19.3 Å². The topological polar surface area (TPSA) is 54.4 Å². The van der Waals surface area contributed by atoms with Gasteiger partial charge in [-0.1, -0.05) is 37.3 Å². The number of Topliss-reactive ketones (excluding diaryl/α,β-unsaturated/α-hetero) is 1. The third kappa shape index (κ3) is 2.19. The Hall–Kier alpha value is -1.64. The Morgan fingerprint density at radius 3 is 2.29 bits per heavy atom. The molecule has 0 aliphatic heterocycles. The highest BCUT2D eigenvalue weighted by Gasteiger charge is 2.24. The number of carboxylic acid groups (broad SMARTS) is 1. The molecule has 0 amide bonds. The van der Waals surface area contributed by atoms with E-state index in [0.29, 0.717) is 6.42 Å². The van der Waals surface area contributed by atoms with Gasteiger partial charge >= 0.3 is 5.97 Å². The van der Waals surface area contributed by atoms with Gasteiger partial charge in [0.1, 0.15) is 0 Å². The van der Waals surface area contributed by atoms with Crippen LogP contribution in [0.15, 0.2) is 30.3 Å². The number of benzene rings is 1. The Bertz CT molecular complexity index is 330. The van der Waals surface area contributed by atoms with Crippen LogP contribution in [0.5, 0.6) is 0 Å². The predicted molar refractivity (Wildman–Crippen MR) is 52.1 cm³/mol. The molecule has 1 aromatic carbocycles. The van der Waals surface area contributed by atoms with Gasteiger partial charge in [0.15, 0.2) is 0 Å². The lowest BCUT2D eigenvalue weighted by atomic mass is 9.92. The van der Waals surface area contributed by atoms with E-state index in [0.717, 1.165) is 5.56 Å². The Morgan fingerprint density at radius 1 is 1.29 bits per heavy atom. The van der Waals surface area contributed by atoms with Crippen LogP contribution in [0.4, 0.5) is 0 Å². The van der Waals surface area contributed by atoms with Gasteiger partial charge in [0.25, 0.3) is 0 Å². The fraction of sp³-hybridized carbons (Fsp3) is 0.273. The van der Waals surface area contributed by atoms with Gasteiger partial charge in [0, 0.05) is 0 Å². The van der Waals surface area contributed by atoms with Crippen LogP contribution in [0.3, 0.4) is 0 Å². The molecule has 3 nitrogen and oxygen atoms in total. The van der Waals surface area contributed by atoms with Crippen LogP contribution in [-0.4, -0.2) is 16.9 Å². The zero-order valence-electron chi connectivity index (χ0n) is 7.93. The highest BCUT2D eigenvalue weighted by atomic mass is 16.4. The molecule has 3 heteroatoms. The van der Waals surface area contributed by atoms with Crippen molar-refractivity contribution >= 4 is 11.8 Å². The summed E-state index contributed by atoms with van der Waals surface area (Å²) in [5, 5.41) is 8.60. The van der Waals surface area contributed by atoms with E-state index in [1.165, 1.54) is 0 Å². The van der Waals surface area contributed by atoms with Crippen LogP contribution >= 0.6 is 0 Å². The molecule has 14 heavy (non-hydrogen) atoms. The SMILES string of the molecule is CCC(C(=O)C(=O)O)c1ccccc1. The first-order chi connectivity index (χ1) is 6.66. The van der Waals surface area contributed by atoms with Crippen LogP contribution < -0.4 is 0 Å². The predicted octanol–water partition coefficient (Wildman–Crippen LogP) is 1.83. The molecular weight excluding hydrogens is 180 g/mol. The first kappa shape index (κ1) is 10.4. The molecule has 0 saturated carbocycles. The maximum Gasteiger partial charge on any atom is 0.372 e. The summed E-state index contributed by atoms with van der Waals surface area (Å²) in [6, 6.07) is 8.98. The van der Waals surface area contributed by atoms with E-state index in [1.54, 1.807) is 31.2 Å². The van der Waals surface area contributed by atoms with Gasteiger partial charge in [-0.2, -0.15) is 0 Å². The van der Waals surface area contributed by atoms with Crippen molar-refractivity contribution in [3.63, 3.8) is 0 Å². The lowest BCUT2D eigenvalue weighted by Gasteiger charge is -2.10. The quantitative estimate of drug-likeness (QED) is 0.740. The maximum atomic E-state index is 11.3. The summed E-state index contributed by atoms with van der Waals surface area (Å²) in [5.41, 5.74) is 0.766. The first-order valence-corrected chi connectivity index (χ1v) is 4.49. The summed E-state index contributed by atoms with van der Waals surface area (Å²) in [6.07, 6.45) is 0.509. The lowest BCUT2D eigenvalue weighted by Crippen LogP contribution is -2.21. The van der Waals surface area contributed by atoms with Gasteiger partial charge in [-0.25, -0.2) is 4.79 Å². The Morgan fingerprint density at radius 2 is 1.86 bits per heavy atom. The molecule has 0 heterocycles. The maximum absolute atomic E-state index is 11.3. The van der Waals surface area contributed by atoms with E-state index in [2.05, 4.69) is 0 Å². The molecule has 1 unspecified atom stereocenters. The lowest BCUT2D eigenvalue weighted by molar-refractivity contribution is -0.149. The molecule has 74 valence electrons. The normalized spacial score (nSPS) is 12.1. The second-order valence-electron chi connectivity index (χ2n) is 3.04. The van der Waals surface area contributed by atoms with Crippen molar-refractivity contribution in [2.24, 2.45) is 0 Å². The second-order valence-corrected chi connectivity index (χ2v) is 3.04. The molecule has 1 aromatic rings. The van der Waals surface area contributed by atoms with E-state index < -0.39 is 17.7 Å². The molecule has 0 aliphatic carbocycles. The minimum Gasteiger partial charge on any atom is -0.475 e. The van der Waals surface area contributed by atoms with Crippen molar-refractivity contribution in [2.75, 3.05) is 0 Å². The van der Waals surface area contributed by atoms with Gasteiger partial charge in [0.05, 0.1) is 5.92 Å². The third-order valence-electron chi connectivity index (χ3n) is 2.14. The number of carboxylic acids is 1. The highest BCUT2D eigenvalue weighted by molar-refractivity contribution is 6.34. The van der Waals surface area contributed by atoms with Gasteiger partial charge < -0.3 is 5.11 Å². The molecule has 1 atom stereocenters. The molecule has 1 rings (SSSR count). The Kier molecular flexibility index (Phi) is 3.40. The molecule has 1 N–H and O–H groups in total. The van der Waals surface area contributed by atoms with E-state index in [9.17, 15) is 9.59 Å². The number of carbonyl (C=O) groups excluding carboxylic acids is 1. The molecule has 0 radical (unpaired) electrons. The van der Waals surface area contributed by atoms with Crippen molar-refractivity contribution in [3.05, 3.63) is 35.9 Å². The van der Waals surface area contributed by atoms with E-state index in [4.69, 9.17) is 5.11 Å². The van der Waals surface area contributed by atoms with Crippen molar-refractivity contribution in [3.8, 4) is 0 Å². The standard InChI is InChI=1S/C11H12O3/c1-2-9(10(12)11(13)14)8-6-4-3-5-7-8/h3-7,9H,2H2,1H3,(H,13,14). The van der Waals surface area contributed by atoms with Gasteiger partial charge in [-0.15, -0.1) is 0 Å². The van der Waals surface area contributed by atoms with E-state index >= 15 is 0 Å². The summed E-state index contributed by atoms with van der Waals surface area (Å²) in [4.78, 5) is 21.8. The van der Waals surface area contributed by atoms with Crippen LogP contribution in [0, 0.1) is 0 Å². The molecule has 0 bridgehead atoms. The van der Waals surface area contributed by atoms with Crippen LogP contribution in [0.25, 0.3) is 0 Å². The fourth-order valence-electron chi connectivity index (χ4n) is 1.41. The van der Waals surface area contributed by atoms with Crippen molar-refractivity contribution in [1.29, 1.82) is 0 Å². The average Bonchev–Trinajstić information content (AvgIpc) is 2.20. The Labute approximate surface area is 82.4 Å². The molecule has 0 saturated heterocycles. The van der Waals surface area contributed by atoms with Gasteiger partial charge in [0.2, 0.25) is 5.78 Å². The largest absolute Gasteiger partial charge is 0.475 e. The van der Waals surface area contributed by atoms with Crippen LogP contribution in [0.2, 0.25) is 0 Å². The summed E-state index contributed by atoms with van der Waals surface area (Å²) in [5.74, 6) is -2.62. The number of carbonyl (C=O) groups is 2. The minimum absolute atomic E-state index is 0.509. The fourth-order valence-corrected chi connectivity index (χ4v) is 1.41. The number of hydrogen-bond donors (Lipinski definition) is 1. The number of rotatable bonds is 4. The first-order valence-electron chi connectivity index (χ1n) is 4.49. The number of aliphatic carboxylic acids is 1. The van der Waals surface area contributed by atoms with Crippen LogP contribution in [-0.2, 0) is 9.59 Å². The van der Waals surface area contributed by atoms with Gasteiger partial charge in [-0.3, -0.25) is 4.79 Å². The highest BCUT2D eigenvalue weighted by Crippen LogP contribution is 2.19. The third-order valence-corrected chi connectivity index (χ3v) is 2.14. The van der Waals surface area contributed by atoms with Crippen molar-refractivity contribution < 1.29 is 14.7 Å². The van der Waals surface area contributed by atoms with Crippen LogP contribution in [0.1, 0.15) is 24.8 Å². The summed E-state index contributed by atoms with van der Waals surface area (Å²) in [7, 11) is 0. The Balaban J connectivity index is 2.93. The summed E-state index contributed by atoms with van der Waals surface area (Å²) >= 11 is 0. The molecule has 0 fully saturated rings. The molecule has 0 aromatic heterocycles. The van der Waals surface area contributed by atoms with E-state index in [1.807, 2.05) is 6.07 Å². The second kappa shape index (κ2) is 4.56. The molecular formula is C11H12O3. The minimum atomic E-state index is -1.36. The zero-order valence-corrected chi connectivity index (χ0v) is 7.93. The van der Waals surface area contributed by atoms with Gasteiger partial charge in [-0.05, 0) is 12.0 Å². The molecule has 0 aliphatic rings. The summed E-state index contributed by atoms with van der Waals surface area (Å²) < 4.78 is 0. The smallest absolute Gasteiger partial charge is 0.372 e. The van der Waals surface area contributed by atoms with E-state index in [-0.39, 0.29) is 0 Å². The number of hydrogen-bond acceptors (Lipinski definition) is 2. The molecule has 0 spiro atoms. The monoisotopic (exact) mass is 192 g/mol. The van der Waals surface area contributed by atoms with Crippen molar-refractivity contribution in [1.82, 2.24) is 0 Å². The zero-order chi connectivity index (χ0) is 10.6.